The van der Waals surface area contributed by atoms with Gasteiger partial charge in [0.1, 0.15) is 12.4 Å². The highest BCUT2D eigenvalue weighted by atomic mass is 79.9. The van der Waals surface area contributed by atoms with Crippen molar-refractivity contribution < 1.29 is 23.5 Å². The highest BCUT2D eigenvalue weighted by Gasteiger charge is 2.32. The molecule has 1 heterocycles. The molecule has 0 aromatic heterocycles. The molecule has 2 rings (SSSR count). The molecule has 0 radical (unpaired) electrons. The van der Waals surface area contributed by atoms with Crippen LogP contribution in [-0.4, -0.2) is 32.3 Å². The zero-order valence-corrected chi connectivity index (χ0v) is 14.2. The lowest BCUT2D eigenvalue weighted by Gasteiger charge is -2.28. The van der Waals surface area contributed by atoms with Gasteiger partial charge in [-0.05, 0) is 40.5 Å². The van der Waals surface area contributed by atoms with Gasteiger partial charge in [-0.1, -0.05) is 6.07 Å². The number of benzene rings is 1. The number of halogens is 2. The molecule has 1 aliphatic rings. The van der Waals surface area contributed by atoms with Crippen LogP contribution in [0.2, 0.25) is 0 Å². The largest absolute Gasteiger partial charge is 0.460 e. The molecule has 1 atom stereocenters. The maximum atomic E-state index is 13.4. The maximum Gasteiger partial charge on any atom is 0.338 e. The Kier molecular flexibility index (Phi) is 5.73. The fraction of sp³-hybridized carbons (Fsp3) is 0.333. The Morgan fingerprint density at radius 3 is 2.78 bits per heavy atom. The lowest BCUT2D eigenvalue weighted by molar-refractivity contribution is -0.140. The molecule has 2 amide bonds. The summed E-state index contributed by atoms with van der Waals surface area (Å²) in [7, 11) is 1.50. The van der Waals surface area contributed by atoms with Crippen molar-refractivity contribution >= 4 is 27.9 Å². The summed E-state index contributed by atoms with van der Waals surface area (Å²) in [6.07, 6.45) is 0. The van der Waals surface area contributed by atoms with Gasteiger partial charge in [0.05, 0.1) is 22.7 Å². The third kappa shape index (κ3) is 4.08. The number of ether oxygens (including phenoxy) is 2. The van der Waals surface area contributed by atoms with E-state index in [1.54, 1.807) is 6.92 Å². The number of allylic oxidation sites excluding steroid dienone is 1. The smallest absolute Gasteiger partial charge is 0.338 e. The van der Waals surface area contributed by atoms with E-state index in [4.69, 9.17) is 9.47 Å². The summed E-state index contributed by atoms with van der Waals surface area (Å²) in [4.78, 5) is 24.0. The molecule has 1 aromatic rings. The molecule has 6 nitrogen and oxygen atoms in total. The van der Waals surface area contributed by atoms with Crippen LogP contribution in [0.4, 0.5) is 9.18 Å². The van der Waals surface area contributed by atoms with Gasteiger partial charge in [-0.15, -0.1) is 0 Å². The van der Waals surface area contributed by atoms with E-state index in [0.29, 0.717) is 11.3 Å². The van der Waals surface area contributed by atoms with E-state index in [-0.39, 0.29) is 23.3 Å². The van der Waals surface area contributed by atoms with Crippen molar-refractivity contribution in [1.82, 2.24) is 10.6 Å². The van der Waals surface area contributed by atoms with Crippen LogP contribution in [0.3, 0.4) is 0 Å². The number of urea groups is 1. The van der Waals surface area contributed by atoms with Gasteiger partial charge >= 0.3 is 12.0 Å². The number of esters is 1. The normalized spacial score (nSPS) is 17.6. The quantitative estimate of drug-likeness (QED) is 0.601. The third-order valence-electron chi connectivity index (χ3n) is 3.29. The molecule has 124 valence electrons. The number of carbonyl (C=O) groups is 2. The van der Waals surface area contributed by atoms with E-state index < -0.39 is 23.9 Å². The summed E-state index contributed by atoms with van der Waals surface area (Å²) >= 11 is 3.10. The van der Waals surface area contributed by atoms with Gasteiger partial charge in [-0.25, -0.2) is 14.0 Å². The van der Waals surface area contributed by atoms with Crippen LogP contribution < -0.4 is 10.6 Å². The lowest BCUT2D eigenvalue weighted by atomic mass is 9.95. The first-order chi connectivity index (χ1) is 10.9. The minimum absolute atomic E-state index is 0.0971. The first kappa shape index (κ1) is 17.4. The minimum Gasteiger partial charge on any atom is -0.460 e. The van der Waals surface area contributed by atoms with Crippen molar-refractivity contribution in [3.05, 3.63) is 45.3 Å². The van der Waals surface area contributed by atoms with Crippen molar-refractivity contribution in [2.75, 3.05) is 20.3 Å². The maximum absolute atomic E-state index is 13.4. The first-order valence-corrected chi connectivity index (χ1v) is 7.62. The second-order valence-electron chi connectivity index (χ2n) is 4.87. The minimum atomic E-state index is -0.726. The molecular formula is C15H16BrFN2O4. The van der Waals surface area contributed by atoms with E-state index in [1.165, 1.54) is 25.3 Å². The van der Waals surface area contributed by atoms with Crippen LogP contribution in [0, 0.1) is 5.82 Å². The fourth-order valence-electron chi connectivity index (χ4n) is 2.20. The fourth-order valence-corrected chi connectivity index (χ4v) is 2.60. The Hall–Kier alpha value is -1.93. The number of methoxy groups -OCH3 is 1. The molecule has 0 fully saturated rings. The van der Waals surface area contributed by atoms with Crippen molar-refractivity contribution in [1.29, 1.82) is 0 Å². The number of amides is 2. The van der Waals surface area contributed by atoms with Gasteiger partial charge in [0.25, 0.3) is 0 Å². The molecule has 23 heavy (non-hydrogen) atoms. The van der Waals surface area contributed by atoms with Crippen LogP contribution in [0.5, 0.6) is 0 Å². The Morgan fingerprint density at radius 1 is 1.39 bits per heavy atom. The van der Waals surface area contributed by atoms with Crippen molar-refractivity contribution in [2.24, 2.45) is 0 Å². The highest BCUT2D eigenvalue weighted by Crippen LogP contribution is 2.30. The molecule has 0 unspecified atom stereocenters. The summed E-state index contributed by atoms with van der Waals surface area (Å²) in [5.41, 5.74) is 1.21. The SMILES string of the molecule is COCCOC(=O)C1=C(C)NC(=O)N[C@@H]1c1ccc(F)c(Br)c1. The molecule has 0 saturated carbocycles. The standard InChI is InChI=1S/C15H16BrFN2O4/c1-8-12(14(20)23-6-5-22-2)13(19-15(21)18-8)9-3-4-11(17)10(16)7-9/h3-4,7,13H,5-6H2,1-2H3,(H2,18,19,21)/t13-/m1/s1. The van der Waals surface area contributed by atoms with Crippen LogP contribution in [-0.2, 0) is 14.3 Å². The van der Waals surface area contributed by atoms with Gasteiger partial charge in [0.15, 0.2) is 0 Å². The molecular weight excluding hydrogens is 371 g/mol. The van der Waals surface area contributed by atoms with Crippen molar-refractivity contribution in [3.8, 4) is 0 Å². The summed E-state index contributed by atoms with van der Waals surface area (Å²) in [5, 5.41) is 5.19. The molecule has 1 aromatic carbocycles. The monoisotopic (exact) mass is 386 g/mol. The van der Waals surface area contributed by atoms with Gasteiger partial charge in [0.2, 0.25) is 0 Å². The second kappa shape index (κ2) is 7.56. The summed E-state index contributed by atoms with van der Waals surface area (Å²) < 4.78 is 23.6. The van der Waals surface area contributed by atoms with E-state index in [2.05, 4.69) is 26.6 Å². The van der Waals surface area contributed by atoms with Crippen molar-refractivity contribution in [3.63, 3.8) is 0 Å². The third-order valence-corrected chi connectivity index (χ3v) is 3.89. The topological polar surface area (TPSA) is 76.7 Å². The van der Waals surface area contributed by atoms with Gasteiger partial charge < -0.3 is 20.1 Å². The molecule has 0 bridgehead atoms. The Morgan fingerprint density at radius 2 is 2.13 bits per heavy atom. The molecule has 0 spiro atoms. The summed E-state index contributed by atoms with van der Waals surface area (Å²) in [6, 6.07) is 3.11. The number of carbonyl (C=O) groups excluding carboxylic acids is 2. The van der Waals surface area contributed by atoms with Crippen LogP contribution >= 0.6 is 15.9 Å². The predicted octanol–water partition coefficient (Wildman–Crippen LogP) is 2.41. The van der Waals surface area contributed by atoms with Crippen LogP contribution in [0.15, 0.2) is 33.9 Å². The van der Waals surface area contributed by atoms with Crippen LogP contribution in [0.1, 0.15) is 18.5 Å². The van der Waals surface area contributed by atoms with Gasteiger partial charge in [-0.2, -0.15) is 0 Å². The molecule has 1 aliphatic heterocycles. The molecule has 0 saturated heterocycles. The van der Waals surface area contributed by atoms with E-state index in [1.807, 2.05) is 0 Å². The molecule has 2 N–H and O–H groups in total. The zero-order valence-electron chi connectivity index (χ0n) is 12.6. The number of rotatable bonds is 5. The number of hydrogen-bond donors (Lipinski definition) is 2. The van der Waals surface area contributed by atoms with E-state index >= 15 is 0 Å². The summed E-state index contributed by atoms with van der Waals surface area (Å²) in [6.45, 7) is 1.97. The Bertz CT molecular complexity index is 663. The Labute approximate surface area is 141 Å². The highest BCUT2D eigenvalue weighted by molar-refractivity contribution is 9.10. The van der Waals surface area contributed by atoms with Crippen LogP contribution in [0.25, 0.3) is 0 Å². The average molecular weight is 387 g/mol. The molecule has 8 heteroatoms. The van der Waals surface area contributed by atoms with Crippen molar-refractivity contribution in [2.45, 2.75) is 13.0 Å². The lowest BCUT2D eigenvalue weighted by Crippen LogP contribution is -2.45. The average Bonchev–Trinajstić information content (AvgIpc) is 2.49. The summed E-state index contributed by atoms with van der Waals surface area (Å²) in [5.74, 6) is -1.00. The first-order valence-electron chi connectivity index (χ1n) is 6.83. The predicted molar refractivity (Wildman–Crippen MR) is 84.0 cm³/mol. The second-order valence-corrected chi connectivity index (χ2v) is 5.73. The van der Waals surface area contributed by atoms with Gasteiger partial charge in [-0.3, -0.25) is 0 Å². The zero-order chi connectivity index (χ0) is 17.0. The van der Waals surface area contributed by atoms with E-state index in [0.717, 1.165) is 0 Å². The van der Waals surface area contributed by atoms with E-state index in [9.17, 15) is 14.0 Å². The van der Waals surface area contributed by atoms with Gasteiger partial charge in [0, 0.05) is 12.8 Å². The number of hydrogen-bond acceptors (Lipinski definition) is 4. The Balaban J connectivity index is 2.33. The molecule has 0 aliphatic carbocycles. The number of nitrogens with one attached hydrogen (secondary N) is 2.